The van der Waals surface area contributed by atoms with Crippen molar-refractivity contribution in [1.82, 2.24) is 15.0 Å². The van der Waals surface area contributed by atoms with Gasteiger partial charge in [0, 0.05) is 34.7 Å². The van der Waals surface area contributed by atoms with Crippen molar-refractivity contribution < 1.29 is 33.1 Å². The second-order valence-electron chi connectivity index (χ2n) is 16.2. The molecule has 3 heterocycles. The summed E-state index contributed by atoms with van der Waals surface area (Å²) in [4.78, 5) is 43.8. The van der Waals surface area contributed by atoms with Crippen LogP contribution in [-0.4, -0.2) is 56.1 Å². The van der Waals surface area contributed by atoms with Crippen molar-refractivity contribution in [2.24, 2.45) is 38.7 Å². The molecule has 0 radical (unpaired) electrons. The Kier molecular flexibility index (Phi) is 7.09. The SMILES string of the molecule is CC(=O)O[C@@H]1C[C@H]2C(C)(C)C(=O)C=C[C@]2(C)[C@H]2CC[C@@]3(C)[C@H](c4ccoc4)/C(=N\OCc4cn(-c5ccc(C(C)=O)cc5)nn4)[C@H]4O[C@]43[C@@]21C. The van der Waals surface area contributed by atoms with Crippen LogP contribution < -0.4 is 0 Å². The molecule has 4 fully saturated rings. The highest BCUT2D eigenvalue weighted by molar-refractivity contribution is 6.02. The third kappa shape index (κ3) is 4.25. The highest BCUT2D eigenvalue weighted by Gasteiger charge is 2.89. The van der Waals surface area contributed by atoms with E-state index in [1.54, 1.807) is 41.6 Å². The predicted molar refractivity (Wildman–Crippen MR) is 181 cm³/mol. The van der Waals surface area contributed by atoms with E-state index in [0.717, 1.165) is 29.8 Å². The maximum atomic E-state index is 13.2. The lowest BCUT2D eigenvalue weighted by molar-refractivity contribution is -0.231. The van der Waals surface area contributed by atoms with Gasteiger partial charge in [0.05, 0.1) is 30.1 Å². The van der Waals surface area contributed by atoms with Gasteiger partial charge in [0.25, 0.3) is 0 Å². The monoisotopic (exact) mass is 680 g/mol. The fourth-order valence-electron chi connectivity index (χ4n) is 11.2. The molecular formula is C39H44N4O7. The van der Waals surface area contributed by atoms with Crippen LogP contribution in [0.2, 0.25) is 0 Å². The fourth-order valence-corrected chi connectivity index (χ4v) is 11.2. The summed E-state index contributed by atoms with van der Waals surface area (Å²) in [6.07, 6.45) is 10.6. The molecule has 1 spiro atoms. The van der Waals surface area contributed by atoms with Crippen LogP contribution in [0.25, 0.3) is 5.69 Å². The molecule has 1 aromatic carbocycles. The largest absolute Gasteiger partial charge is 0.472 e. The number of fused-ring (bicyclic) bond motifs is 3. The number of Topliss-reactive ketones (excluding diaryl/α,β-unsaturated/α-hetero) is 1. The van der Waals surface area contributed by atoms with Crippen molar-refractivity contribution in [3.05, 3.63) is 78.0 Å². The number of hydrogen-bond acceptors (Lipinski definition) is 10. The Labute approximate surface area is 291 Å². The molecule has 0 unspecified atom stereocenters. The number of carbonyl (C=O) groups excluding carboxylic acids is 3. The van der Waals surface area contributed by atoms with E-state index >= 15 is 0 Å². The van der Waals surface area contributed by atoms with Gasteiger partial charge in [0.15, 0.2) is 18.2 Å². The second kappa shape index (κ2) is 10.8. The van der Waals surface area contributed by atoms with E-state index in [4.69, 9.17) is 23.9 Å². The molecule has 4 aliphatic carbocycles. The summed E-state index contributed by atoms with van der Waals surface area (Å²) in [5.74, 6) is -0.307. The number of furan rings is 1. The first-order valence-electron chi connectivity index (χ1n) is 17.5. The zero-order chi connectivity index (χ0) is 35.4. The second-order valence-corrected chi connectivity index (χ2v) is 16.2. The van der Waals surface area contributed by atoms with Gasteiger partial charge >= 0.3 is 5.97 Å². The van der Waals surface area contributed by atoms with Gasteiger partial charge in [-0.25, -0.2) is 4.68 Å². The first-order chi connectivity index (χ1) is 23.7. The van der Waals surface area contributed by atoms with Crippen molar-refractivity contribution in [1.29, 1.82) is 0 Å². The molecule has 11 heteroatoms. The molecule has 1 saturated heterocycles. The maximum absolute atomic E-state index is 13.2. The molecule has 11 nitrogen and oxygen atoms in total. The number of oxime groups is 1. The number of aromatic nitrogens is 3. The Bertz CT molecular complexity index is 1950. The summed E-state index contributed by atoms with van der Waals surface area (Å²) in [6, 6.07) is 9.16. The number of allylic oxidation sites excluding steroid dienone is 2. The van der Waals surface area contributed by atoms with Gasteiger partial charge in [-0.05, 0) is 85.4 Å². The zero-order valence-corrected chi connectivity index (χ0v) is 29.6. The number of benzene rings is 1. The Balaban J connectivity index is 1.15. The Morgan fingerprint density at radius 2 is 1.82 bits per heavy atom. The molecule has 1 aliphatic heterocycles. The van der Waals surface area contributed by atoms with E-state index < -0.39 is 27.9 Å². The molecule has 8 rings (SSSR count). The quantitative estimate of drug-likeness (QED) is 0.120. The number of ether oxygens (including phenoxy) is 2. The number of epoxide rings is 1. The first kappa shape index (κ1) is 32.8. The summed E-state index contributed by atoms with van der Waals surface area (Å²) in [6.45, 7) is 14.0. The molecule has 50 heavy (non-hydrogen) atoms. The predicted octanol–water partition coefficient (Wildman–Crippen LogP) is 6.42. The van der Waals surface area contributed by atoms with Crippen LogP contribution in [0.15, 0.2) is 70.8 Å². The van der Waals surface area contributed by atoms with Gasteiger partial charge < -0.3 is 18.7 Å². The molecular weight excluding hydrogens is 636 g/mol. The van der Waals surface area contributed by atoms with Crippen molar-refractivity contribution >= 4 is 23.2 Å². The number of esters is 1. The third-order valence-electron chi connectivity index (χ3n) is 13.5. The molecule has 3 saturated carbocycles. The number of carbonyl (C=O) groups is 3. The average molecular weight is 681 g/mol. The van der Waals surface area contributed by atoms with Crippen molar-refractivity contribution in [3.8, 4) is 5.69 Å². The first-order valence-corrected chi connectivity index (χ1v) is 17.5. The van der Waals surface area contributed by atoms with E-state index in [-0.39, 0.29) is 53.4 Å². The van der Waals surface area contributed by atoms with Crippen LogP contribution in [0.5, 0.6) is 0 Å². The molecule has 0 bridgehead atoms. The number of rotatable bonds is 7. The molecule has 5 aliphatic rings. The zero-order valence-electron chi connectivity index (χ0n) is 29.6. The van der Waals surface area contributed by atoms with E-state index in [9.17, 15) is 14.4 Å². The summed E-state index contributed by atoms with van der Waals surface area (Å²) in [5.41, 5.74) is 1.15. The molecule has 9 atom stereocenters. The van der Waals surface area contributed by atoms with Crippen molar-refractivity contribution in [3.63, 3.8) is 0 Å². The number of ketones is 2. The normalized spacial score (nSPS) is 38.5. The number of hydrogen-bond donors (Lipinski definition) is 0. The van der Waals surface area contributed by atoms with E-state index in [2.05, 4.69) is 37.2 Å². The van der Waals surface area contributed by atoms with Crippen LogP contribution in [0, 0.1) is 33.5 Å². The highest BCUT2D eigenvalue weighted by atomic mass is 16.6. The topological polar surface area (TPSA) is 138 Å². The van der Waals surface area contributed by atoms with Crippen LogP contribution in [0.3, 0.4) is 0 Å². The van der Waals surface area contributed by atoms with Gasteiger partial charge in [-0.1, -0.05) is 51.1 Å². The van der Waals surface area contributed by atoms with Gasteiger partial charge in [0.1, 0.15) is 23.5 Å². The van der Waals surface area contributed by atoms with Crippen LogP contribution >= 0.6 is 0 Å². The summed E-state index contributed by atoms with van der Waals surface area (Å²) in [5, 5.41) is 13.3. The lowest BCUT2D eigenvalue weighted by Crippen LogP contribution is -2.70. The minimum absolute atomic E-state index is 0.00124. The van der Waals surface area contributed by atoms with Crippen LogP contribution in [0.1, 0.15) is 95.3 Å². The maximum Gasteiger partial charge on any atom is 0.302 e. The highest BCUT2D eigenvalue weighted by Crippen LogP contribution is 2.81. The van der Waals surface area contributed by atoms with Crippen LogP contribution in [0.4, 0.5) is 0 Å². The Morgan fingerprint density at radius 3 is 2.50 bits per heavy atom. The fraction of sp³-hybridized carbons (Fsp3) is 0.538. The van der Waals surface area contributed by atoms with Crippen molar-refractivity contribution in [2.45, 2.75) is 98.1 Å². The molecule has 2 aromatic heterocycles. The third-order valence-corrected chi connectivity index (χ3v) is 13.5. The van der Waals surface area contributed by atoms with E-state index in [0.29, 0.717) is 17.7 Å². The molecule has 0 amide bonds. The lowest BCUT2D eigenvalue weighted by atomic mass is 9.36. The minimum atomic E-state index is -0.699. The van der Waals surface area contributed by atoms with Gasteiger partial charge in [-0.2, -0.15) is 0 Å². The summed E-state index contributed by atoms with van der Waals surface area (Å²) >= 11 is 0. The van der Waals surface area contributed by atoms with Gasteiger partial charge in [-0.15, -0.1) is 5.10 Å². The minimum Gasteiger partial charge on any atom is -0.472 e. The van der Waals surface area contributed by atoms with Crippen molar-refractivity contribution in [2.75, 3.05) is 0 Å². The van der Waals surface area contributed by atoms with E-state index in [1.807, 2.05) is 32.0 Å². The number of nitrogens with zero attached hydrogens (tertiary/aromatic N) is 4. The molecule has 0 N–H and O–H groups in total. The van der Waals surface area contributed by atoms with Crippen LogP contribution in [-0.2, 0) is 30.5 Å². The average Bonchev–Trinajstić information content (AvgIpc) is 3.34. The summed E-state index contributed by atoms with van der Waals surface area (Å²) < 4.78 is 20.6. The smallest absolute Gasteiger partial charge is 0.302 e. The standard InChI is InChI=1S/C39H44N4O7/c1-22(44)24-8-10-27(11-9-24)43-19-26(40-42-43)21-48-41-33-32(25-14-17-47-20-25)37(6)16-12-28-36(5)15-13-30(46)35(3,4)29(36)18-31(49-23(2)45)38(28,7)39(37)34(33)50-39/h8-11,13-15,17,19-20,28-29,31-32,34H,12,16,18,21H2,1-7H3/b41-33+/t28-,29+,31-,32-,34-,36-,37+,38+,39-/m1/s1. The Hall–Kier alpha value is -4.38. The summed E-state index contributed by atoms with van der Waals surface area (Å²) in [7, 11) is 0. The van der Waals surface area contributed by atoms with Gasteiger partial charge in [-0.3, -0.25) is 14.4 Å². The van der Waals surface area contributed by atoms with Gasteiger partial charge in [0.2, 0.25) is 0 Å². The molecule has 3 aromatic rings. The lowest BCUT2D eigenvalue weighted by Gasteiger charge is -2.67. The Morgan fingerprint density at radius 1 is 1.06 bits per heavy atom. The molecule has 262 valence electrons. The van der Waals surface area contributed by atoms with E-state index in [1.165, 1.54) is 13.8 Å².